The Bertz CT molecular complexity index is 492. The van der Waals surface area contributed by atoms with Crippen LogP contribution in [-0.2, 0) is 6.54 Å². The molecule has 2 aliphatic rings. The van der Waals surface area contributed by atoms with Gasteiger partial charge in [0, 0.05) is 6.54 Å². The van der Waals surface area contributed by atoms with E-state index in [1.54, 1.807) is 7.11 Å². The van der Waals surface area contributed by atoms with Gasteiger partial charge in [0.05, 0.1) is 11.6 Å². The first-order chi connectivity index (χ1) is 9.67. The fourth-order valence-corrected chi connectivity index (χ4v) is 4.40. The summed E-state index contributed by atoms with van der Waals surface area (Å²) >= 11 is 3.36. The molecule has 1 aromatic carbocycles. The first-order valence-electron chi connectivity index (χ1n) is 7.43. The smallest absolute Gasteiger partial charge is 0.172 e. The summed E-state index contributed by atoms with van der Waals surface area (Å²) < 4.78 is 5.87. The number of halogens is 1. The van der Waals surface area contributed by atoms with Gasteiger partial charge in [0.2, 0.25) is 0 Å². The van der Waals surface area contributed by atoms with Crippen molar-refractivity contribution < 1.29 is 9.84 Å². The van der Waals surface area contributed by atoms with Crippen LogP contribution in [0.15, 0.2) is 16.6 Å². The number of hydrogen-bond donors (Lipinski definition) is 2. The Morgan fingerprint density at radius 1 is 1.35 bits per heavy atom. The van der Waals surface area contributed by atoms with Crippen molar-refractivity contribution in [3.63, 3.8) is 0 Å². The minimum atomic E-state index is 0.171. The van der Waals surface area contributed by atoms with Crippen molar-refractivity contribution in [2.75, 3.05) is 13.7 Å². The van der Waals surface area contributed by atoms with E-state index in [0.717, 1.165) is 36.4 Å². The molecule has 0 radical (unpaired) electrons. The van der Waals surface area contributed by atoms with E-state index < -0.39 is 0 Å². The summed E-state index contributed by atoms with van der Waals surface area (Å²) in [6.45, 7) is 1.94. The Kier molecular flexibility index (Phi) is 4.22. The highest BCUT2D eigenvalue weighted by Crippen LogP contribution is 2.48. The summed E-state index contributed by atoms with van der Waals surface area (Å²) in [6.07, 6.45) is 5.78. The largest absolute Gasteiger partial charge is 0.503 e. The van der Waals surface area contributed by atoms with Crippen LogP contribution >= 0.6 is 15.9 Å². The number of rotatable bonds is 5. The second kappa shape index (κ2) is 5.94. The van der Waals surface area contributed by atoms with Gasteiger partial charge in [-0.05, 0) is 77.2 Å². The van der Waals surface area contributed by atoms with Gasteiger partial charge in [-0.3, -0.25) is 0 Å². The first kappa shape index (κ1) is 14.2. The molecule has 0 heterocycles. The molecule has 3 unspecified atom stereocenters. The molecule has 0 amide bonds. The molecule has 3 rings (SSSR count). The average Bonchev–Trinajstić information content (AvgIpc) is 3.05. The van der Waals surface area contributed by atoms with Gasteiger partial charge in [-0.1, -0.05) is 6.42 Å². The third-order valence-electron chi connectivity index (χ3n) is 4.93. The van der Waals surface area contributed by atoms with Crippen LogP contribution < -0.4 is 10.1 Å². The maximum atomic E-state index is 9.80. The Hall–Kier alpha value is -0.740. The summed E-state index contributed by atoms with van der Waals surface area (Å²) in [5.41, 5.74) is 1.13. The molecule has 4 heteroatoms. The average molecular weight is 340 g/mol. The molecule has 0 spiro atoms. The van der Waals surface area contributed by atoms with E-state index in [1.165, 1.54) is 25.7 Å². The van der Waals surface area contributed by atoms with E-state index in [2.05, 4.69) is 21.2 Å². The van der Waals surface area contributed by atoms with Crippen LogP contribution in [0.1, 0.15) is 31.2 Å². The lowest BCUT2D eigenvalue weighted by Crippen LogP contribution is -2.26. The second-order valence-corrected chi connectivity index (χ2v) is 7.05. The predicted molar refractivity (Wildman–Crippen MR) is 83.0 cm³/mol. The molecule has 2 saturated carbocycles. The summed E-state index contributed by atoms with van der Waals surface area (Å²) in [4.78, 5) is 0. The molecule has 2 aliphatic carbocycles. The summed E-state index contributed by atoms with van der Waals surface area (Å²) in [6, 6.07) is 3.85. The van der Waals surface area contributed by atoms with E-state index in [9.17, 15) is 5.11 Å². The van der Waals surface area contributed by atoms with Gasteiger partial charge in [0.15, 0.2) is 11.5 Å². The topological polar surface area (TPSA) is 41.5 Å². The minimum Gasteiger partial charge on any atom is -0.503 e. The molecule has 2 N–H and O–H groups in total. The van der Waals surface area contributed by atoms with Crippen LogP contribution in [0.3, 0.4) is 0 Å². The maximum absolute atomic E-state index is 9.80. The van der Waals surface area contributed by atoms with Gasteiger partial charge in [-0.25, -0.2) is 0 Å². The van der Waals surface area contributed by atoms with E-state index in [1.807, 2.05) is 12.1 Å². The van der Waals surface area contributed by atoms with E-state index in [0.29, 0.717) is 10.2 Å². The number of nitrogens with one attached hydrogen (secondary N) is 1. The standard InChI is InChI=1S/C16H22BrNO2/c1-20-15-7-11(6-14(17)16(15)19)8-18-9-13-5-10-2-3-12(13)4-10/h6-7,10,12-13,18-19H,2-5,8-9H2,1H3. The normalized spacial score (nSPS) is 28.0. The van der Waals surface area contributed by atoms with Crippen LogP contribution in [0, 0.1) is 17.8 Å². The van der Waals surface area contributed by atoms with Crippen LogP contribution in [0.25, 0.3) is 0 Å². The third-order valence-corrected chi connectivity index (χ3v) is 5.53. The van der Waals surface area contributed by atoms with Crippen molar-refractivity contribution >= 4 is 15.9 Å². The van der Waals surface area contributed by atoms with Crippen LogP contribution in [0.4, 0.5) is 0 Å². The van der Waals surface area contributed by atoms with E-state index in [-0.39, 0.29) is 5.75 Å². The van der Waals surface area contributed by atoms with E-state index in [4.69, 9.17) is 4.74 Å². The second-order valence-electron chi connectivity index (χ2n) is 6.19. The van der Waals surface area contributed by atoms with Crippen LogP contribution in [0.5, 0.6) is 11.5 Å². The van der Waals surface area contributed by atoms with Crippen molar-refractivity contribution in [2.24, 2.45) is 17.8 Å². The lowest BCUT2D eigenvalue weighted by molar-refractivity contribution is 0.318. The zero-order chi connectivity index (χ0) is 14.1. The Morgan fingerprint density at radius 2 is 2.20 bits per heavy atom. The first-order valence-corrected chi connectivity index (χ1v) is 8.22. The van der Waals surface area contributed by atoms with Crippen molar-refractivity contribution in [1.82, 2.24) is 5.32 Å². The van der Waals surface area contributed by atoms with Crippen molar-refractivity contribution in [3.05, 3.63) is 22.2 Å². The molecule has 3 atom stereocenters. The molecule has 1 aromatic rings. The SMILES string of the molecule is COc1cc(CNCC2CC3CCC2C3)cc(Br)c1O. The summed E-state index contributed by atoms with van der Waals surface area (Å²) in [7, 11) is 1.58. The molecular weight excluding hydrogens is 318 g/mol. The third kappa shape index (κ3) is 2.82. The highest BCUT2D eigenvalue weighted by Gasteiger charge is 2.38. The zero-order valence-corrected chi connectivity index (χ0v) is 13.4. The number of fused-ring (bicyclic) bond motifs is 2. The predicted octanol–water partition coefficient (Wildman–Crippen LogP) is 3.69. The van der Waals surface area contributed by atoms with Crippen LogP contribution in [0.2, 0.25) is 0 Å². The minimum absolute atomic E-state index is 0.171. The molecule has 3 nitrogen and oxygen atoms in total. The fraction of sp³-hybridized carbons (Fsp3) is 0.625. The number of hydrogen-bond acceptors (Lipinski definition) is 3. The number of phenols is 1. The van der Waals surface area contributed by atoms with Gasteiger partial charge >= 0.3 is 0 Å². The Morgan fingerprint density at radius 3 is 2.85 bits per heavy atom. The van der Waals surface area contributed by atoms with Gasteiger partial charge in [0.25, 0.3) is 0 Å². The Balaban J connectivity index is 1.55. The molecule has 110 valence electrons. The Labute approximate surface area is 128 Å². The van der Waals surface area contributed by atoms with Gasteiger partial charge < -0.3 is 15.2 Å². The van der Waals surface area contributed by atoms with Crippen molar-refractivity contribution in [2.45, 2.75) is 32.2 Å². The zero-order valence-electron chi connectivity index (χ0n) is 11.9. The lowest BCUT2D eigenvalue weighted by atomic mass is 9.89. The number of phenolic OH excluding ortho intramolecular Hbond substituents is 1. The number of benzene rings is 1. The molecule has 0 aromatic heterocycles. The molecule has 20 heavy (non-hydrogen) atoms. The maximum Gasteiger partial charge on any atom is 0.172 e. The van der Waals surface area contributed by atoms with Gasteiger partial charge in [-0.15, -0.1) is 0 Å². The van der Waals surface area contributed by atoms with Gasteiger partial charge in [0.1, 0.15) is 0 Å². The molecular formula is C16H22BrNO2. The number of methoxy groups -OCH3 is 1. The van der Waals surface area contributed by atoms with Gasteiger partial charge in [-0.2, -0.15) is 0 Å². The summed E-state index contributed by atoms with van der Waals surface area (Å²) in [5.74, 6) is 3.54. The number of aromatic hydroxyl groups is 1. The van der Waals surface area contributed by atoms with Crippen molar-refractivity contribution in [3.8, 4) is 11.5 Å². The highest BCUT2D eigenvalue weighted by molar-refractivity contribution is 9.10. The molecule has 2 fully saturated rings. The monoisotopic (exact) mass is 339 g/mol. The van der Waals surface area contributed by atoms with Crippen molar-refractivity contribution in [1.29, 1.82) is 0 Å². The number of ether oxygens (including phenoxy) is 1. The van der Waals surface area contributed by atoms with Crippen LogP contribution in [-0.4, -0.2) is 18.8 Å². The summed E-state index contributed by atoms with van der Waals surface area (Å²) in [5, 5.41) is 13.4. The molecule has 2 bridgehead atoms. The molecule has 0 saturated heterocycles. The highest BCUT2D eigenvalue weighted by atomic mass is 79.9. The fourth-order valence-electron chi connectivity index (χ4n) is 3.91. The quantitative estimate of drug-likeness (QED) is 0.859. The molecule has 0 aliphatic heterocycles. The van der Waals surface area contributed by atoms with E-state index >= 15 is 0 Å². The lowest BCUT2D eigenvalue weighted by Gasteiger charge is -2.22.